The second kappa shape index (κ2) is 6.20. The summed E-state index contributed by atoms with van der Waals surface area (Å²) in [7, 11) is 1.57. The quantitative estimate of drug-likeness (QED) is 0.878. The molecule has 3 N–H and O–H groups in total. The predicted octanol–water partition coefficient (Wildman–Crippen LogP) is 2.77. The van der Waals surface area contributed by atoms with Crippen LogP contribution in [0.15, 0.2) is 22.7 Å². The summed E-state index contributed by atoms with van der Waals surface area (Å²) in [5, 5.41) is 2.88. The molecule has 0 saturated heterocycles. The third kappa shape index (κ3) is 3.71. The summed E-state index contributed by atoms with van der Waals surface area (Å²) in [5.41, 5.74) is 5.67. The van der Waals surface area contributed by atoms with E-state index in [2.05, 4.69) is 21.2 Å². The van der Waals surface area contributed by atoms with Gasteiger partial charge in [-0.15, -0.1) is 0 Å². The zero-order chi connectivity index (χ0) is 13.8. The Morgan fingerprint density at radius 1 is 1.50 bits per heavy atom. The van der Waals surface area contributed by atoms with Crippen molar-refractivity contribution in [1.82, 2.24) is 0 Å². The lowest BCUT2D eigenvalue weighted by molar-refractivity contribution is -0.124. The number of nitrogens with one attached hydrogen (secondary N) is 1. The Hall–Kier alpha value is -1.07. The average Bonchev–Trinajstić information content (AvgIpc) is 2.29. The van der Waals surface area contributed by atoms with Gasteiger partial charge in [-0.1, -0.05) is 29.8 Å². The molecule has 0 heterocycles. The zero-order valence-corrected chi connectivity index (χ0v) is 12.5. The Kier molecular flexibility index (Phi) is 5.16. The van der Waals surface area contributed by atoms with Gasteiger partial charge in [-0.3, -0.25) is 4.79 Å². The molecule has 100 valence electrons. The molecule has 0 atom stereocenters. The summed E-state index contributed by atoms with van der Waals surface area (Å²) in [6, 6.07) is 5.48. The fraction of sp³-hybridized carbons (Fsp3) is 0.462. The Morgan fingerprint density at radius 2 is 2.17 bits per heavy atom. The highest BCUT2D eigenvalue weighted by atomic mass is 79.9. The molecule has 0 aliphatic heterocycles. The Bertz CT molecular complexity index is 433. The van der Waals surface area contributed by atoms with E-state index in [1.165, 1.54) is 0 Å². The van der Waals surface area contributed by atoms with Crippen LogP contribution in [0.5, 0.6) is 5.75 Å². The lowest BCUT2D eigenvalue weighted by atomic mass is 9.88. The third-order valence-electron chi connectivity index (χ3n) is 2.79. The third-order valence-corrected chi connectivity index (χ3v) is 3.29. The van der Waals surface area contributed by atoms with Crippen LogP contribution in [0.25, 0.3) is 0 Å². The largest absolute Gasteiger partial charge is 0.495 e. The van der Waals surface area contributed by atoms with E-state index < -0.39 is 5.41 Å². The number of rotatable bonds is 5. The van der Waals surface area contributed by atoms with E-state index in [1.807, 2.05) is 26.0 Å². The number of benzene rings is 1. The second-order valence-corrected chi connectivity index (χ2v) is 5.64. The summed E-state index contributed by atoms with van der Waals surface area (Å²) in [6.45, 7) is 4.23. The summed E-state index contributed by atoms with van der Waals surface area (Å²) >= 11 is 3.37. The SMILES string of the molecule is COc1ccc(Br)cc1NC(=O)C(C)(C)CCN. The van der Waals surface area contributed by atoms with Gasteiger partial charge in [-0.05, 0) is 31.2 Å². The highest BCUT2D eigenvalue weighted by Crippen LogP contribution is 2.30. The van der Waals surface area contributed by atoms with Gasteiger partial charge in [0.25, 0.3) is 0 Å². The molecule has 0 radical (unpaired) electrons. The monoisotopic (exact) mass is 314 g/mol. The van der Waals surface area contributed by atoms with Gasteiger partial charge in [0.2, 0.25) is 5.91 Å². The fourth-order valence-electron chi connectivity index (χ4n) is 1.54. The van der Waals surface area contributed by atoms with E-state index in [4.69, 9.17) is 10.5 Å². The Labute approximate surface area is 116 Å². The summed E-state index contributed by atoms with van der Waals surface area (Å²) in [5.74, 6) is 0.569. The maximum absolute atomic E-state index is 12.2. The van der Waals surface area contributed by atoms with E-state index in [1.54, 1.807) is 13.2 Å². The molecule has 0 aliphatic carbocycles. The van der Waals surface area contributed by atoms with Crippen LogP contribution in [0.3, 0.4) is 0 Å². The number of hydrogen-bond acceptors (Lipinski definition) is 3. The van der Waals surface area contributed by atoms with Crippen molar-refractivity contribution in [1.29, 1.82) is 0 Å². The van der Waals surface area contributed by atoms with Gasteiger partial charge in [-0.25, -0.2) is 0 Å². The highest BCUT2D eigenvalue weighted by Gasteiger charge is 2.27. The number of carbonyl (C=O) groups excluding carboxylic acids is 1. The molecule has 5 heteroatoms. The average molecular weight is 315 g/mol. The van der Waals surface area contributed by atoms with Crippen molar-refractivity contribution >= 4 is 27.5 Å². The van der Waals surface area contributed by atoms with E-state index >= 15 is 0 Å². The molecular weight excluding hydrogens is 296 g/mol. The van der Waals surface area contributed by atoms with Crippen molar-refractivity contribution in [2.75, 3.05) is 19.0 Å². The van der Waals surface area contributed by atoms with Gasteiger partial charge in [0.05, 0.1) is 12.8 Å². The molecule has 0 fully saturated rings. The van der Waals surface area contributed by atoms with Gasteiger partial charge in [0, 0.05) is 9.89 Å². The van der Waals surface area contributed by atoms with Crippen molar-refractivity contribution in [2.45, 2.75) is 20.3 Å². The molecule has 4 nitrogen and oxygen atoms in total. The zero-order valence-electron chi connectivity index (χ0n) is 10.9. The Morgan fingerprint density at radius 3 is 2.72 bits per heavy atom. The fourth-order valence-corrected chi connectivity index (χ4v) is 1.90. The molecule has 0 unspecified atom stereocenters. The molecule has 1 aromatic rings. The molecule has 0 spiro atoms. The molecule has 0 saturated carbocycles. The molecule has 1 aromatic carbocycles. The van der Waals surface area contributed by atoms with Crippen LogP contribution in [0.2, 0.25) is 0 Å². The standard InChI is InChI=1S/C13H19BrN2O2/c1-13(2,6-7-15)12(17)16-10-8-9(14)4-5-11(10)18-3/h4-5,8H,6-7,15H2,1-3H3,(H,16,17). The lowest BCUT2D eigenvalue weighted by Crippen LogP contribution is -2.32. The van der Waals surface area contributed by atoms with Gasteiger partial charge in [-0.2, -0.15) is 0 Å². The first-order valence-corrected chi connectivity index (χ1v) is 6.55. The minimum atomic E-state index is -0.498. The number of carbonyl (C=O) groups is 1. The number of anilines is 1. The molecule has 0 bridgehead atoms. The highest BCUT2D eigenvalue weighted by molar-refractivity contribution is 9.10. The first-order chi connectivity index (χ1) is 8.40. The molecular formula is C13H19BrN2O2. The topological polar surface area (TPSA) is 64.3 Å². The van der Waals surface area contributed by atoms with Crippen molar-refractivity contribution in [3.05, 3.63) is 22.7 Å². The van der Waals surface area contributed by atoms with E-state index in [0.717, 1.165) is 4.47 Å². The van der Waals surface area contributed by atoms with Crippen LogP contribution in [-0.4, -0.2) is 19.6 Å². The van der Waals surface area contributed by atoms with Gasteiger partial charge >= 0.3 is 0 Å². The molecule has 0 aliphatic rings. The maximum atomic E-state index is 12.2. The molecule has 1 rings (SSSR count). The first kappa shape index (κ1) is 15.0. The maximum Gasteiger partial charge on any atom is 0.230 e. The van der Waals surface area contributed by atoms with Crippen LogP contribution in [0.4, 0.5) is 5.69 Å². The summed E-state index contributed by atoms with van der Waals surface area (Å²) < 4.78 is 6.10. The smallest absolute Gasteiger partial charge is 0.230 e. The van der Waals surface area contributed by atoms with Gasteiger partial charge in [0.15, 0.2) is 0 Å². The number of amides is 1. The number of halogens is 1. The predicted molar refractivity (Wildman–Crippen MR) is 76.8 cm³/mol. The number of methoxy groups -OCH3 is 1. The molecule has 0 aromatic heterocycles. The lowest BCUT2D eigenvalue weighted by Gasteiger charge is -2.23. The first-order valence-electron chi connectivity index (χ1n) is 5.76. The van der Waals surface area contributed by atoms with E-state index in [-0.39, 0.29) is 5.91 Å². The summed E-state index contributed by atoms with van der Waals surface area (Å²) in [4.78, 5) is 12.2. The number of ether oxygens (including phenoxy) is 1. The van der Waals surface area contributed by atoms with E-state index in [0.29, 0.717) is 24.4 Å². The van der Waals surface area contributed by atoms with Crippen molar-refractivity contribution in [3.63, 3.8) is 0 Å². The van der Waals surface area contributed by atoms with Crippen LogP contribution < -0.4 is 15.8 Å². The van der Waals surface area contributed by atoms with Crippen molar-refractivity contribution in [2.24, 2.45) is 11.1 Å². The molecule has 18 heavy (non-hydrogen) atoms. The molecule has 1 amide bonds. The van der Waals surface area contributed by atoms with Crippen LogP contribution >= 0.6 is 15.9 Å². The minimum Gasteiger partial charge on any atom is -0.495 e. The second-order valence-electron chi connectivity index (χ2n) is 4.72. The van der Waals surface area contributed by atoms with Gasteiger partial charge < -0.3 is 15.8 Å². The number of hydrogen-bond donors (Lipinski definition) is 2. The van der Waals surface area contributed by atoms with Crippen LogP contribution in [0.1, 0.15) is 20.3 Å². The minimum absolute atomic E-state index is 0.0654. The van der Waals surface area contributed by atoms with Crippen LogP contribution in [0, 0.1) is 5.41 Å². The summed E-state index contributed by atoms with van der Waals surface area (Å²) in [6.07, 6.45) is 0.634. The Balaban J connectivity index is 2.90. The van der Waals surface area contributed by atoms with E-state index in [9.17, 15) is 4.79 Å². The number of nitrogens with two attached hydrogens (primary N) is 1. The normalized spacial score (nSPS) is 11.2. The van der Waals surface area contributed by atoms with Crippen molar-refractivity contribution in [3.8, 4) is 5.75 Å². The van der Waals surface area contributed by atoms with Crippen molar-refractivity contribution < 1.29 is 9.53 Å². The van der Waals surface area contributed by atoms with Crippen LogP contribution in [-0.2, 0) is 4.79 Å². The van der Waals surface area contributed by atoms with Gasteiger partial charge in [0.1, 0.15) is 5.75 Å².